The van der Waals surface area contributed by atoms with Gasteiger partial charge in [-0.3, -0.25) is 10.1 Å². The first-order chi connectivity index (χ1) is 7.81. The van der Waals surface area contributed by atoms with Crippen LogP contribution in [0.15, 0.2) is 17.5 Å². The van der Waals surface area contributed by atoms with Gasteiger partial charge in [-0.05, 0) is 17.9 Å². The Morgan fingerprint density at radius 2 is 2.62 bits per heavy atom. The second-order valence-electron chi connectivity index (χ2n) is 3.76. The minimum Gasteiger partial charge on any atom is -0.347 e. The van der Waals surface area contributed by atoms with E-state index in [1.54, 1.807) is 23.1 Å². The first-order valence-electron chi connectivity index (χ1n) is 5.46. The minimum absolute atomic E-state index is 0.0148. The van der Waals surface area contributed by atoms with Crippen molar-refractivity contribution < 1.29 is 4.79 Å². The van der Waals surface area contributed by atoms with Gasteiger partial charge in [0.05, 0.1) is 12.1 Å². The number of carbonyl (C=O) groups excluding carboxylic acids is 1. The summed E-state index contributed by atoms with van der Waals surface area (Å²) in [5, 5.41) is 8.34. The fraction of sp³-hybridized carbons (Fsp3) is 0.545. The average Bonchev–Trinajstić information content (AvgIpc) is 2.96. The summed E-state index contributed by atoms with van der Waals surface area (Å²) in [7, 11) is 0. The summed E-state index contributed by atoms with van der Waals surface area (Å²) in [4.78, 5) is 13.2. The van der Waals surface area contributed by atoms with Crippen LogP contribution in [0.2, 0.25) is 0 Å². The van der Waals surface area contributed by atoms with Gasteiger partial charge in [0.1, 0.15) is 0 Å². The molecule has 0 aromatic carbocycles. The molecule has 0 spiro atoms. The maximum absolute atomic E-state index is 11.9. The Morgan fingerprint density at radius 1 is 1.75 bits per heavy atom. The third kappa shape index (κ3) is 2.78. The van der Waals surface area contributed by atoms with Gasteiger partial charge >= 0.3 is 0 Å². The molecule has 5 heteroatoms. The molecule has 1 fully saturated rings. The first-order valence-corrected chi connectivity index (χ1v) is 7.49. The number of hydrogen-bond donors (Lipinski definition) is 2. The SMILES string of the molecule is CCC(NC(=O)C1CSCN1)c1cccs1. The highest BCUT2D eigenvalue weighted by Gasteiger charge is 2.24. The minimum atomic E-state index is -0.0148. The standard InChI is InChI=1S/C11H16N2OS2/c1-2-8(10-4-3-5-16-10)13-11(14)9-6-15-7-12-9/h3-5,8-9,12H,2,6-7H2,1H3,(H,13,14). The lowest BCUT2D eigenvalue weighted by Gasteiger charge is -2.18. The fourth-order valence-corrected chi connectivity index (χ4v) is 3.50. The number of thioether (sulfide) groups is 1. The summed E-state index contributed by atoms with van der Waals surface area (Å²) in [5.74, 6) is 1.89. The van der Waals surface area contributed by atoms with Crippen molar-refractivity contribution in [2.45, 2.75) is 25.4 Å². The predicted molar refractivity (Wildman–Crippen MR) is 69.7 cm³/mol. The van der Waals surface area contributed by atoms with Crippen LogP contribution in [-0.2, 0) is 4.79 Å². The Hall–Kier alpha value is -0.520. The number of rotatable bonds is 4. The molecule has 2 heterocycles. The molecule has 2 rings (SSSR count). The zero-order valence-electron chi connectivity index (χ0n) is 9.23. The molecule has 0 saturated carbocycles. The molecule has 1 amide bonds. The van der Waals surface area contributed by atoms with Crippen molar-refractivity contribution in [1.29, 1.82) is 0 Å². The highest BCUT2D eigenvalue weighted by atomic mass is 32.2. The molecule has 3 nitrogen and oxygen atoms in total. The normalized spacial score (nSPS) is 21.9. The van der Waals surface area contributed by atoms with Gasteiger partial charge in [-0.15, -0.1) is 23.1 Å². The summed E-state index contributed by atoms with van der Waals surface area (Å²) in [6, 6.07) is 4.26. The lowest BCUT2D eigenvalue weighted by atomic mass is 10.1. The van der Waals surface area contributed by atoms with E-state index in [2.05, 4.69) is 23.6 Å². The molecular formula is C11H16N2OS2. The molecule has 1 aromatic heterocycles. The van der Waals surface area contributed by atoms with E-state index in [-0.39, 0.29) is 18.0 Å². The van der Waals surface area contributed by atoms with E-state index < -0.39 is 0 Å². The Labute approximate surface area is 104 Å². The Bertz CT molecular complexity index is 334. The maximum Gasteiger partial charge on any atom is 0.238 e. The van der Waals surface area contributed by atoms with Gasteiger partial charge in [0.15, 0.2) is 0 Å². The zero-order chi connectivity index (χ0) is 11.4. The maximum atomic E-state index is 11.9. The number of amides is 1. The van der Waals surface area contributed by atoms with Crippen LogP contribution in [0.3, 0.4) is 0 Å². The molecule has 2 atom stereocenters. The van der Waals surface area contributed by atoms with Crippen molar-refractivity contribution in [1.82, 2.24) is 10.6 Å². The van der Waals surface area contributed by atoms with Crippen LogP contribution in [0.5, 0.6) is 0 Å². The molecule has 1 aliphatic rings. The van der Waals surface area contributed by atoms with Gasteiger partial charge in [-0.2, -0.15) is 0 Å². The average molecular weight is 256 g/mol. The van der Waals surface area contributed by atoms with Gasteiger partial charge < -0.3 is 5.32 Å². The second kappa shape index (κ2) is 5.70. The topological polar surface area (TPSA) is 41.1 Å². The van der Waals surface area contributed by atoms with Gasteiger partial charge in [-0.1, -0.05) is 13.0 Å². The van der Waals surface area contributed by atoms with Crippen LogP contribution >= 0.6 is 23.1 Å². The molecule has 1 saturated heterocycles. The Kier molecular flexibility index (Phi) is 4.26. The van der Waals surface area contributed by atoms with Crippen LogP contribution in [0.25, 0.3) is 0 Å². The lowest BCUT2D eigenvalue weighted by Crippen LogP contribution is -2.43. The molecule has 1 aliphatic heterocycles. The zero-order valence-corrected chi connectivity index (χ0v) is 10.9. The summed E-state index contributed by atoms with van der Waals surface area (Å²) < 4.78 is 0. The Morgan fingerprint density at radius 3 is 3.19 bits per heavy atom. The lowest BCUT2D eigenvalue weighted by molar-refractivity contribution is -0.123. The van der Waals surface area contributed by atoms with Crippen molar-refractivity contribution >= 4 is 29.0 Å². The third-order valence-corrected chi connectivity index (χ3v) is 4.57. The van der Waals surface area contributed by atoms with Gasteiger partial charge in [0.25, 0.3) is 0 Å². The molecule has 16 heavy (non-hydrogen) atoms. The van der Waals surface area contributed by atoms with E-state index in [0.29, 0.717) is 0 Å². The molecule has 88 valence electrons. The first kappa shape index (κ1) is 12.0. The Balaban J connectivity index is 1.93. The van der Waals surface area contributed by atoms with Crippen molar-refractivity contribution in [2.75, 3.05) is 11.6 Å². The van der Waals surface area contributed by atoms with E-state index in [1.807, 2.05) is 11.4 Å². The van der Waals surface area contributed by atoms with Crippen molar-refractivity contribution in [3.63, 3.8) is 0 Å². The smallest absolute Gasteiger partial charge is 0.238 e. The van der Waals surface area contributed by atoms with Crippen LogP contribution in [0.4, 0.5) is 0 Å². The predicted octanol–water partition coefficient (Wildman–Crippen LogP) is 1.98. The molecule has 2 N–H and O–H groups in total. The molecule has 1 aromatic rings. The summed E-state index contributed by atoms with van der Waals surface area (Å²) >= 11 is 3.47. The largest absolute Gasteiger partial charge is 0.347 e. The van der Waals surface area contributed by atoms with Crippen LogP contribution in [0.1, 0.15) is 24.3 Å². The summed E-state index contributed by atoms with van der Waals surface area (Å²) in [5.41, 5.74) is 0. The third-order valence-electron chi connectivity index (χ3n) is 2.64. The summed E-state index contributed by atoms with van der Waals surface area (Å²) in [6.45, 7) is 2.10. The van der Waals surface area contributed by atoms with Crippen LogP contribution in [0, 0.1) is 0 Å². The molecule has 0 bridgehead atoms. The van der Waals surface area contributed by atoms with Crippen LogP contribution < -0.4 is 10.6 Å². The van der Waals surface area contributed by atoms with E-state index >= 15 is 0 Å². The van der Waals surface area contributed by atoms with Gasteiger partial charge in [0, 0.05) is 16.5 Å². The van der Waals surface area contributed by atoms with Crippen molar-refractivity contribution in [2.24, 2.45) is 0 Å². The van der Waals surface area contributed by atoms with E-state index in [1.165, 1.54) is 4.88 Å². The van der Waals surface area contributed by atoms with Crippen molar-refractivity contribution in [3.8, 4) is 0 Å². The molecule has 0 radical (unpaired) electrons. The van der Waals surface area contributed by atoms with E-state index in [0.717, 1.165) is 18.1 Å². The summed E-state index contributed by atoms with van der Waals surface area (Å²) in [6.07, 6.45) is 0.937. The highest BCUT2D eigenvalue weighted by molar-refractivity contribution is 7.99. The molecule has 0 aliphatic carbocycles. The van der Waals surface area contributed by atoms with Crippen molar-refractivity contribution in [3.05, 3.63) is 22.4 Å². The van der Waals surface area contributed by atoms with Gasteiger partial charge in [0.2, 0.25) is 5.91 Å². The highest BCUT2D eigenvalue weighted by Crippen LogP contribution is 2.22. The number of hydrogen-bond acceptors (Lipinski definition) is 4. The van der Waals surface area contributed by atoms with Gasteiger partial charge in [-0.25, -0.2) is 0 Å². The number of carbonyl (C=O) groups is 1. The monoisotopic (exact) mass is 256 g/mol. The molecule has 2 unspecified atom stereocenters. The molecular weight excluding hydrogens is 240 g/mol. The van der Waals surface area contributed by atoms with Crippen LogP contribution in [-0.4, -0.2) is 23.6 Å². The number of nitrogens with one attached hydrogen (secondary N) is 2. The number of thiophene rings is 1. The van der Waals surface area contributed by atoms with E-state index in [4.69, 9.17) is 0 Å². The quantitative estimate of drug-likeness (QED) is 0.865. The fourth-order valence-electron chi connectivity index (χ4n) is 1.70. The second-order valence-corrected chi connectivity index (χ2v) is 5.77. The van der Waals surface area contributed by atoms with E-state index in [9.17, 15) is 4.79 Å².